The molecule has 3 heterocycles. The smallest absolute Gasteiger partial charge is 0.307 e. The van der Waals surface area contributed by atoms with Crippen LogP contribution in [0, 0.1) is 11.8 Å². The van der Waals surface area contributed by atoms with Gasteiger partial charge in [-0.05, 0) is 43.0 Å². The van der Waals surface area contributed by atoms with Crippen LogP contribution in [-0.2, 0) is 20.8 Å². The second-order valence-corrected chi connectivity index (χ2v) is 12.8. The fraction of sp³-hybridized carbons (Fsp3) is 0.469. The molecule has 232 valence electrons. The number of aliphatic carboxylic acids is 1. The molecule has 2 fully saturated rings. The van der Waals surface area contributed by atoms with Crippen molar-refractivity contribution in [3.63, 3.8) is 0 Å². The summed E-state index contributed by atoms with van der Waals surface area (Å²) in [5, 5.41) is 10.5. The maximum Gasteiger partial charge on any atom is 0.307 e. The van der Waals surface area contributed by atoms with Gasteiger partial charge in [0, 0.05) is 37.0 Å². The molecule has 2 aromatic carbocycles. The molecule has 1 saturated carbocycles. The highest BCUT2D eigenvalue weighted by molar-refractivity contribution is 6.36. The number of carbonyl (C=O) groups is 5. The Morgan fingerprint density at radius 2 is 1.61 bits per heavy atom. The Hall–Kier alpha value is -3.63. The highest BCUT2D eigenvalue weighted by Gasteiger charge is 2.46. The third kappa shape index (κ3) is 5.32. The standard InChI is InChI=1S/C32H33Cl2N3O7/c1-17(38)35-12-10-18(15-35)44-28-25(34)14-24(33)23-11-13-36(29(39)21-8-4-5-9-22(21)32(42)43)26(27(23)28)16-37-30(40)19-6-2-3-7-20(19)31(37)41/h2-3,6-7,14,18,21-22,26H,4-5,8-13,15-16H2,1H3,(H,42,43)/t18-,21+,22-,26+/m0/s1. The SMILES string of the molecule is CC(=O)N1CC[C@H](Oc2c(Cl)cc(Cl)c3c2[C@@H](CN2C(=O)c4ccccc4C2=O)N(C(=O)[C@@H]2CCCC[C@@H]2C(=O)O)CC3)C1. The van der Waals surface area contributed by atoms with Crippen molar-refractivity contribution in [3.05, 3.63) is 62.6 Å². The van der Waals surface area contributed by atoms with E-state index in [4.69, 9.17) is 27.9 Å². The van der Waals surface area contributed by atoms with Crippen molar-refractivity contribution >= 4 is 52.8 Å². The summed E-state index contributed by atoms with van der Waals surface area (Å²) in [4.78, 5) is 69.9. The molecule has 1 N–H and O–H groups in total. The topological polar surface area (TPSA) is 125 Å². The molecule has 10 nitrogen and oxygen atoms in total. The third-order valence-electron chi connectivity index (χ3n) is 9.43. The Kier molecular flexibility index (Phi) is 8.32. The fourth-order valence-electron chi connectivity index (χ4n) is 7.17. The zero-order chi connectivity index (χ0) is 31.3. The van der Waals surface area contributed by atoms with Gasteiger partial charge in [0.15, 0.2) is 0 Å². The van der Waals surface area contributed by atoms with Gasteiger partial charge in [-0.15, -0.1) is 0 Å². The van der Waals surface area contributed by atoms with Crippen molar-refractivity contribution < 1.29 is 33.8 Å². The van der Waals surface area contributed by atoms with Gasteiger partial charge in [0.05, 0.1) is 47.1 Å². The lowest BCUT2D eigenvalue weighted by molar-refractivity contribution is -0.153. The van der Waals surface area contributed by atoms with Gasteiger partial charge in [-0.3, -0.25) is 28.9 Å². The van der Waals surface area contributed by atoms with Crippen LogP contribution in [0.2, 0.25) is 10.0 Å². The van der Waals surface area contributed by atoms with E-state index in [1.807, 2.05) is 0 Å². The van der Waals surface area contributed by atoms with Crippen molar-refractivity contribution in [2.45, 2.75) is 57.6 Å². The van der Waals surface area contributed by atoms with E-state index < -0.39 is 35.7 Å². The van der Waals surface area contributed by atoms with Crippen LogP contribution in [0.3, 0.4) is 0 Å². The molecule has 2 aromatic rings. The van der Waals surface area contributed by atoms with Gasteiger partial charge in [-0.2, -0.15) is 0 Å². The van der Waals surface area contributed by atoms with Gasteiger partial charge in [-0.25, -0.2) is 0 Å². The first kappa shape index (κ1) is 30.4. The summed E-state index contributed by atoms with van der Waals surface area (Å²) in [6, 6.07) is 7.26. The Morgan fingerprint density at radius 1 is 0.955 bits per heavy atom. The number of benzene rings is 2. The Balaban J connectivity index is 1.43. The average Bonchev–Trinajstić information content (AvgIpc) is 3.58. The van der Waals surface area contributed by atoms with Crippen LogP contribution >= 0.6 is 23.2 Å². The maximum atomic E-state index is 14.3. The van der Waals surface area contributed by atoms with Crippen LogP contribution in [-0.4, -0.2) is 81.7 Å². The zero-order valence-corrected chi connectivity index (χ0v) is 25.8. The predicted molar refractivity (Wildman–Crippen MR) is 161 cm³/mol. The largest absolute Gasteiger partial charge is 0.487 e. The van der Waals surface area contributed by atoms with Gasteiger partial charge in [-0.1, -0.05) is 48.2 Å². The van der Waals surface area contributed by atoms with E-state index in [1.165, 1.54) is 6.92 Å². The number of fused-ring (bicyclic) bond motifs is 2. The molecule has 1 saturated heterocycles. The summed E-state index contributed by atoms with van der Waals surface area (Å²) in [7, 11) is 0. The summed E-state index contributed by atoms with van der Waals surface area (Å²) in [6.45, 7) is 2.40. The number of likely N-dealkylation sites (tertiary alicyclic amines) is 1. The number of nitrogens with zero attached hydrogens (tertiary/aromatic N) is 3. The molecule has 0 aromatic heterocycles. The van der Waals surface area contributed by atoms with Crippen LogP contribution in [0.4, 0.5) is 0 Å². The summed E-state index contributed by atoms with van der Waals surface area (Å²) >= 11 is 13.5. The number of amides is 4. The lowest BCUT2D eigenvalue weighted by atomic mass is 9.77. The number of imide groups is 1. The first-order chi connectivity index (χ1) is 21.1. The summed E-state index contributed by atoms with van der Waals surface area (Å²) in [6.07, 6.45) is 2.84. The summed E-state index contributed by atoms with van der Waals surface area (Å²) in [5.74, 6) is -3.65. The molecular weight excluding hydrogens is 609 g/mol. The number of hydrogen-bond donors (Lipinski definition) is 1. The van der Waals surface area contributed by atoms with E-state index in [2.05, 4.69) is 0 Å². The molecule has 0 radical (unpaired) electrons. The first-order valence-electron chi connectivity index (χ1n) is 15.0. The van der Waals surface area contributed by atoms with E-state index in [-0.39, 0.29) is 47.2 Å². The molecule has 0 spiro atoms. The first-order valence-corrected chi connectivity index (χ1v) is 15.7. The van der Waals surface area contributed by atoms with Gasteiger partial charge in [0.25, 0.3) is 11.8 Å². The monoisotopic (exact) mass is 641 g/mol. The number of carboxylic acids is 1. The van der Waals surface area contributed by atoms with Crippen molar-refractivity contribution in [1.82, 2.24) is 14.7 Å². The number of halogens is 2. The van der Waals surface area contributed by atoms with Gasteiger partial charge < -0.3 is 19.6 Å². The molecule has 4 aliphatic rings. The second kappa shape index (κ2) is 12.0. The summed E-state index contributed by atoms with van der Waals surface area (Å²) in [5.41, 5.74) is 1.75. The van der Waals surface area contributed by atoms with Crippen LogP contribution in [0.1, 0.15) is 76.9 Å². The normalized spacial score (nSPS) is 24.8. The van der Waals surface area contributed by atoms with Crippen LogP contribution in [0.25, 0.3) is 0 Å². The Labute approximate surface area is 264 Å². The van der Waals surface area contributed by atoms with E-state index in [0.29, 0.717) is 60.7 Å². The maximum absolute atomic E-state index is 14.3. The van der Waals surface area contributed by atoms with Gasteiger partial charge in [0.1, 0.15) is 11.9 Å². The highest BCUT2D eigenvalue weighted by atomic mass is 35.5. The third-order valence-corrected chi connectivity index (χ3v) is 10.1. The number of ether oxygens (including phenoxy) is 1. The van der Waals surface area contributed by atoms with Crippen molar-refractivity contribution in [1.29, 1.82) is 0 Å². The van der Waals surface area contributed by atoms with E-state index >= 15 is 0 Å². The van der Waals surface area contributed by atoms with Crippen molar-refractivity contribution in [3.8, 4) is 5.75 Å². The average molecular weight is 643 g/mol. The Bertz CT molecular complexity index is 1530. The lowest BCUT2D eigenvalue weighted by Gasteiger charge is -2.43. The van der Waals surface area contributed by atoms with Crippen molar-refractivity contribution in [2.24, 2.45) is 11.8 Å². The van der Waals surface area contributed by atoms with Gasteiger partial charge in [0.2, 0.25) is 11.8 Å². The molecule has 6 rings (SSSR count). The van der Waals surface area contributed by atoms with Crippen LogP contribution in [0.15, 0.2) is 30.3 Å². The summed E-state index contributed by atoms with van der Waals surface area (Å²) < 4.78 is 6.48. The minimum atomic E-state index is -1.01. The second-order valence-electron chi connectivity index (χ2n) is 12.0. The molecule has 0 bridgehead atoms. The molecule has 12 heteroatoms. The van der Waals surface area contributed by atoms with E-state index in [9.17, 15) is 29.1 Å². The highest BCUT2D eigenvalue weighted by Crippen LogP contribution is 2.47. The molecule has 3 aliphatic heterocycles. The molecular formula is C32H33Cl2N3O7. The molecule has 4 atom stereocenters. The zero-order valence-electron chi connectivity index (χ0n) is 24.3. The lowest BCUT2D eigenvalue weighted by Crippen LogP contribution is -2.50. The van der Waals surface area contributed by atoms with Crippen LogP contribution in [0.5, 0.6) is 5.75 Å². The molecule has 4 amide bonds. The Morgan fingerprint density at radius 3 is 2.23 bits per heavy atom. The molecule has 0 unspecified atom stereocenters. The minimum Gasteiger partial charge on any atom is -0.487 e. The quantitative estimate of drug-likeness (QED) is 0.457. The molecule has 1 aliphatic carbocycles. The number of carbonyl (C=O) groups excluding carboxylic acids is 4. The van der Waals surface area contributed by atoms with Gasteiger partial charge >= 0.3 is 5.97 Å². The van der Waals surface area contributed by atoms with Crippen LogP contribution < -0.4 is 4.74 Å². The minimum absolute atomic E-state index is 0.0685. The number of rotatable bonds is 6. The van der Waals surface area contributed by atoms with E-state index in [1.54, 1.807) is 40.1 Å². The molecule has 44 heavy (non-hydrogen) atoms. The number of hydrogen-bond acceptors (Lipinski definition) is 6. The van der Waals surface area contributed by atoms with Crippen molar-refractivity contribution in [2.75, 3.05) is 26.2 Å². The predicted octanol–water partition coefficient (Wildman–Crippen LogP) is 4.61. The number of carboxylic acid groups (broad SMARTS) is 1. The fourth-order valence-corrected chi connectivity index (χ4v) is 7.79. The van der Waals surface area contributed by atoms with E-state index in [0.717, 1.165) is 17.7 Å².